The third-order valence-corrected chi connectivity index (χ3v) is 4.86. The van der Waals surface area contributed by atoms with Crippen molar-refractivity contribution in [1.29, 1.82) is 0 Å². The molecule has 7 heteroatoms. The van der Waals surface area contributed by atoms with Crippen LogP contribution in [0.3, 0.4) is 0 Å². The minimum absolute atomic E-state index is 0.0175. The van der Waals surface area contributed by atoms with Gasteiger partial charge in [-0.2, -0.15) is 0 Å². The number of hydrogen-bond donors (Lipinski definition) is 1. The Labute approximate surface area is 92.1 Å². The maximum atomic E-state index is 11.5. The molecule has 0 aromatic heterocycles. The van der Waals surface area contributed by atoms with E-state index in [4.69, 9.17) is 0 Å². The Hall–Kier alpha value is -0.140. The topological polar surface area (TPSA) is 80.3 Å². The first-order valence-electron chi connectivity index (χ1n) is 4.78. The van der Waals surface area contributed by atoms with Crippen LogP contribution in [0.4, 0.5) is 0 Å². The van der Waals surface area contributed by atoms with E-state index in [1.165, 1.54) is 0 Å². The summed E-state index contributed by atoms with van der Waals surface area (Å²) in [6.45, 7) is 4.35. The van der Waals surface area contributed by atoms with Crippen LogP contribution in [-0.2, 0) is 19.7 Å². The standard InChI is InChI=1S/C8H19NO4S2/c1-4-9-8(2)7-15(12,13)6-5-14(3,10)11/h8-9H,4-7H2,1-3H3. The zero-order valence-electron chi connectivity index (χ0n) is 9.36. The predicted molar refractivity (Wildman–Crippen MR) is 61.5 cm³/mol. The van der Waals surface area contributed by atoms with Gasteiger partial charge >= 0.3 is 0 Å². The van der Waals surface area contributed by atoms with E-state index in [1.54, 1.807) is 6.92 Å². The van der Waals surface area contributed by atoms with Gasteiger partial charge in [0.05, 0.1) is 17.3 Å². The molecule has 0 saturated carbocycles. The van der Waals surface area contributed by atoms with Crippen LogP contribution >= 0.6 is 0 Å². The van der Waals surface area contributed by atoms with Gasteiger partial charge in [-0.05, 0) is 13.5 Å². The lowest BCUT2D eigenvalue weighted by Gasteiger charge is -2.12. The Morgan fingerprint density at radius 2 is 1.67 bits per heavy atom. The molecular formula is C8H19NO4S2. The van der Waals surface area contributed by atoms with Gasteiger partial charge in [0.25, 0.3) is 0 Å². The molecule has 0 bridgehead atoms. The van der Waals surface area contributed by atoms with E-state index in [0.717, 1.165) is 6.26 Å². The first-order chi connectivity index (χ1) is 6.66. The van der Waals surface area contributed by atoms with E-state index in [0.29, 0.717) is 6.54 Å². The lowest BCUT2D eigenvalue weighted by Crippen LogP contribution is -2.34. The number of nitrogens with one attached hydrogen (secondary N) is 1. The van der Waals surface area contributed by atoms with E-state index >= 15 is 0 Å². The van der Waals surface area contributed by atoms with Crippen LogP contribution in [0.25, 0.3) is 0 Å². The lowest BCUT2D eigenvalue weighted by molar-refractivity contribution is 0.565. The molecule has 0 aliphatic carbocycles. The predicted octanol–water partition coefficient (Wildman–Crippen LogP) is -0.556. The quantitative estimate of drug-likeness (QED) is 0.661. The molecule has 0 spiro atoms. The molecule has 0 aromatic carbocycles. The fourth-order valence-electron chi connectivity index (χ4n) is 1.15. The van der Waals surface area contributed by atoms with Crippen molar-refractivity contribution in [2.24, 2.45) is 0 Å². The Bertz CT molecular complexity index is 371. The van der Waals surface area contributed by atoms with Crippen molar-refractivity contribution in [3.63, 3.8) is 0 Å². The summed E-state index contributed by atoms with van der Waals surface area (Å²) < 4.78 is 44.5. The lowest BCUT2D eigenvalue weighted by atomic mass is 10.4. The fraction of sp³-hybridized carbons (Fsp3) is 1.00. The zero-order chi connectivity index (χ0) is 12.1. The Balaban J connectivity index is 4.21. The fourth-order valence-corrected chi connectivity index (χ4v) is 4.42. The molecule has 1 N–H and O–H groups in total. The summed E-state index contributed by atoms with van der Waals surface area (Å²) in [4.78, 5) is 0. The van der Waals surface area contributed by atoms with E-state index in [9.17, 15) is 16.8 Å². The summed E-state index contributed by atoms with van der Waals surface area (Å²) >= 11 is 0. The summed E-state index contributed by atoms with van der Waals surface area (Å²) in [7, 11) is -6.48. The van der Waals surface area contributed by atoms with Crippen LogP contribution in [0.5, 0.6) is 0 Å². The van der Waals surface area contributed by atoms with Gasteiger partial charge in [0.1, 0.15) is 9.84 Å². The maximum Gasteiger partial charge on any atom is 0.152 e. The molecule has 0 amide bonds. The van der Waals surface area contributed by atoms with E-state index in [2.05, 4.69) is 5.32 Å². The first-order valence-corrected chi connectivity index (χ1v) is 8.66. The van der Waals surface area contributed by atoms with Crippen molar-refractivity contribution in [3.05, 3.63) is 0 Å². The number of hydrogen-bond acceptors (Lipinski definition) is 5. The second-order valence-corrected chi connectivity index (χ2v) is 8.19. The monoisotopic (exact) mass is 257 g/mol. The van der Waals surface area contributed by atoms with Crippen LogP contribution in [-0.4, -0.2) is 52.9 Å². The molecule has 0 saturated heterocycles. The zero-order valence-corrected chi connectivity index (χ0v) is 11.0. The van der Waals surface area contributed by atoms with Gasteiger partial charge in [0.15, 0.2) is 9.84 Å². The molecule has 0 aliphatic rings. The summed E-state index contributed by atoms with van der Waals surface area (Å²) in [5, 5.41) is 2.97. The first kappa shape index (κ1) is 14.9. The van der Waals surface area contributed by atoms with Gasteiger partial charge in [0.2, 0.25) is 0 Å². The molecule has 0 radical (unpaired) electrons. The summed E-state index contributed by atoms with van der Waals surface area (Å²) in [6, 6.07) is -0.139. The average Bonchev–Trinajstić information content (AvgIpc) is 1.99. The smallest absolute Gasteiger partial charge is 0.152 e. The summed E-state index contributed by atoms with van der Waals surface area (Å²) in [5.41, 5.74) is 0. The third-order valence-electron chi connectivity index (χ3n) is 1.82. The number of sulfone groups is 2. The second kappa shape index (κ2) is 5.81. The molecule has 0 fully saturated rings. The van der Waals surface area contributed by atoms with Crippen molar-refractivity contribution < 1.29 is 16.8 Å². The minimum atomic E-state index is -3.28. The highest BCUT2D eigenvalue weighted by Gasteiger charge is 2.17. The molecule has 0 aliphatic heterocycles. The highest BCUT2D eigenvalue weighted by molar-refractivity contribution is 7.94. The van der Waals surface area contributed by atoms with Gasteiger partial charge in [0, 0.05) is 12.3 Å². The maximum absolute atomic E-state index is 11.5. The van der Waals surface area contributed by atoms with Gasteiger partial charge in [-0.25, -0.2) is 16.8 Å². The summed E-state index contributed by atoms with van der Waals surface area (Å²) in [6.07, 6.45) is 1.04. The van der Waals surface area contributed by atoms with Crippen molar-refractivity contribution in [2.45, 2.75) is 19.9 Å². The van der Waals surface area contributed by atoms with Crippen molar-refractivity contribution in [3.8, 4) is 0 Å². The SMILES string of the molecule is CCNC(C)CS(=O)(=O)CCS(C)(=O)=O. The molecule has 15 heavy (non-hydrogen) atoms. The van der Waals surface area contributed by atoms with Crippen LogP contribution in [0, 0.1) is 0 Å². The van der Waals surface area contributed by atoms with E-state index < -0.39 is 19.7 Å². The number of rotatable bonds is 7. The minimum Gasteiger partial charge on any atom is -0.314 e. The Morgan fingerprint density at radius 3 is 2.07 bits per heavy atom. The molecule has 0 rings (SSSR count). The van der Waals surface area contributed by atoms with Crippen molar-refractivity contribution in [1.82, 2.24) is 5.32 Å². The molecule has 1 unspecified atom stereocenters. The molecular weight excluding hydrogens is 238 g/mol. The molecule has 5 nitrogen and oxygen atoms in total. The molecule has 0 aromatic rings. The van der Waals surface area contributed by atoms with E-state index in [1.807, 2.05) is 6.92 Å². The normalized spacial score (nSPS) is 15.1. The van der Waals surface area contributed by atoms with Crippen LogP contribution in [0.1, 0.15) is 13.8 Å². The highest BCUT2D eigenvalue weighted by atomic mass is 32.2. The Kier molecular flexibility index (Phi) is 5.76. The molecule has 0 heterocycles. The molecule has 1 atom stereocenters. The highest BCUT2D eigenvalue weighted by Crippen LogP contribution is 1.97. The summed E-state index contributed by atoms with van der Waals surface area (Å²) in [5.74, 6) is -0.605. The molecule has 92 valence electrons. The van der Waals surface area contributed by atoms with Crippen LogP contribution in [0.2, 0.25) is 0 Å². The third kappa shape index (κ3) is 8.83. The van der Waals surface area contributed by atoms with Crippen LogP contribution in [0.15, 0.2) is 0 Å². The van der Waals surface area contributed by atoms with Gasteiger partial charge in [-0.1, -0.05) is 6.92 Å². The van der Waals surface area contributed by atoms with Crippen molar-refractivity contribution >= 4 is 19.7 Å². The van der Waals surface area contributed by atoms with Gasteiger partial charge < -0.3 is 5.32 Å². The van der Waals surface area contributed by atoms with Crippen molar-refractivity contribution in [2.75, 3.05) is 30.1 Å². The average molecular weight is 257 g/mol. The second-order valence-electron chi connectivity index (χ2n) is 3.70. The van der Waals surface area contributed by atoms with Gasteiger partial charge in [-0.15, -0.1) is 0 Å². The van der Waals surface area contributed by atoms with Gasteiger partial charge in [-0.3, -0.25) is 0 Å². The van der Waals surface area contributed by atoms with E-state index in [-0.39, 0.29) is 23.3 Å². The largest absolute Gasteiger partial charge is 0.314 e. The van der Waals surface area contributed by atoms with Crippen LogP contribution < -0.4 is 5.32 Å². The Morgan fingerprint density at radius 1 is 1.13 bits per heavy atom.